The first kappa shape index (κ1) is 26.9. The fraction of sp³-hybridized carbons (Fsp3) is 0.296. The van der Waals surface area contributed by atoms with Gasteiger partial charge < -0.3 is 9.47 Å². The van der Waals surface area contributed by atoms with Crippen molar-refractivity contribution in [3.63, 3.8) is 0 Å². The van der Waals surface area contributed by atoms with Gasteiger partial charge in [-0.15, -0.1) is 0 Å². The molecule has 3 heteroatoms. The maximum Gasteiger partial charge on any atom is 0.193 e. The van der Waals surface area contributed by atoms with Gasteiger partial charge >= 0.3 is 0 Å². The first-order valence-electron chi connectivity index (χ1n) is 10.7. The van der Waals surface area contributed by atoms with E-state index in [-0.39, 0.29) is 5.78 Å². The Morgan fingerprint density at radius 2 is 0.900 bits per heavy atom. The Morgan fingerprint density at radius 3 is 1.27 bits per heavy atom. The van der Waals surface area contributed by atoms with E-state index in [2.05, 4.69) is 0 Å². The highest BCUT2D eigenvalue weighted by atomic mass is 16.5. The maximum atomic E-state index is 12.5. The van der Waals surface area contributed by atoms with Crippen LogP contribution in [0.25, 0.3) is 0 Å². The molecule has 30 heavy (non-hydrogen) atoms. The molecule has 0 unspecified atom stereocenters. The van der Waals surface area contributed by atoms with E-state index in [1.807, 2.05) is 72.7 Å². The summed E-state index contributed by atoms with van der Waals surface area (Å²) in [5.41, 5.74) is 2.43. The van der Waals surface area contributed by atoms with Crippen LogP contribution in [0.1, 0.15) is 63.0 Å². The molecule has 0 fully saturated rings. The van der Waals surface area contributed by atoms with Gasteiger partial charge in [0.15, 0.2) is 5.78 Å². The molecule has 0 aliphatic heterocycles. The van der Waals surface area contributed by atoms with Crippen LogP contribution in [0.15, 0.2) is 72.8 Å². The van der Waals surface area contributed by atoms with Crippen molar-refractivity contribution in [3.05, 3.63) is 89.5 Å². The Hall–Kier alpha value is -3.07. The number of aryl methyl sites for hydroxylation is 1. The largest absolute Gasteiger partial charge is 0.497 e. The summed E-state index contributed by atoms with van der Waals surface area (Å²) >= 11 is 0. The van der Waals surface area contributed by atoms with Gasteiger partial charge in [0, 0.05) is 11.1 Å². The number of carbonyl (C=O) groups excluding carboxylic acids is 1. The minimum absolute atomic E-state index is 0.0282. The number of hydrogen-bond acceptors (Lipinski definition) is 3. The summed E-state index contributed by atoms with van der Waals surface area (Å²) < 4.78 is 10.9. The predicted octanol–water partition coefficient (Wildman–Crippen LogP) is 8.11. The van der Waals surface area contributed by atoms with E-state index in [1.165, 1.54) is 5.56 Å². The third-order valence-electron chi connectivity index (χ3n) is 3.73. The molecule has 0 radical (unpaired) electrons. The molecule has 3 aromatic rings. The zero-order valence-corrected chi connectivity index (χ0v) is 19.7. The van der Waals surface area contributed by atoms with Crippen molar-refractivity contribution >= 4 is 5.78 Å². The van der Waals surface area contributed by atoms with Gasteiger partial charge in [0.1, 0.15) is 17.2 Å². The summed E-state index contributed by atoms with van der Waals surface area (Å²) in [7, 11) is 1.60. The molecule has 3 rings (SSSR count). The van der Waals surface area contributed by atoms with Crippen LogP contribution < -0.4 is 9.47 Å². The summed E-state index contributed by atoms with van der Waals surface area (Å²) in [6.07, 6.45) is 0. The quantitative estimate of drug-likeness (QED) is 0.400. The summed E-state index contributed by atoms with van der Waals surface area (Å²) in [6, 6.07) is 22.1. The second-order valence-corrected chi connectivity index (χ2v) is 5.50. The first-order valence-corrected chi connectivity index (χ1v) is 10.7. The first-order chi connectivity index (χ1) is 14.7. The third-order valence-corrected chi connectivity index (χ3v) is 3.73. The summed E-state index contributed by atoms with van der Waals surface area (Å²) in [5.74, 6) is 2.17. The van der Waals surface area contributed by atoms with Crippen LogP contribution in [0.3, 0.4) is 0 Å². The summed E-state index contributed by atoms with van der Waals surface area (Å²) in [6.45, 7) is 14.0. The van der Waals surface area contributed by atoms with Crippen molar-refractivity contribution in [1.29, 1.82) is 0 Å². The summed E-state index contributed by atoms with van der Waals surface area (Å²) in [5, 5.41) is 0. The van der Waals surface area contributed by atoms with Crippen LogP contribution in [-0.2, 0) is 0 Å². The fourth-order valence-electron chi connectivity index (χ4n) is 2.33. The molecule has 3 aromatic carbocycles. The fourth-order valence-corrected chi connectivity index (χ4v) is 2.33. The lowest BCUT2D eigenvalue weighted by atomic mass is 10.0. The standard InChI is InChI=1S/C21H18O3.3C2H6/c1-15-3-9-19(10-4-15)24-20-13-7-17(8-14-20)21(22)16-5-11-18(23-2)12-6-16;3*1-2/h3-14H,1-2H3;3*1-2H3. The van der Waals surface area contributed by atoms with Crippen molar-refractivity contribution in [2.75, 3.05) is 7.11 Å². The van der Waals surface area contributed by atoms with Crippen LogP contribution in [0.4, 0.5) is 0 Å². The third kappa shape index (κ3) is 8.52. The Kier molecular flexibility index (Phi) is 14.2. The molecular weight excluding hydrogens is 372 g/mol. The SMILES string of the molecule is CC.CC.CC.COc1ccc(C(=O)c2ccc(Oc3ccc(C)cc3)cc2)cc1. The molecule has 162 valence electrons. The van der Waals surface area contributed by atoms with Gasteiger partial charge in [-0.05, 0) is 67.6 Å². The van der Waals surface area contributed by atoms with E-state index in [0.29, 0.717) is 16.9 Å². The lowest BCUT2D eigenvalue weighted by molar-refractivity contribution is 0.103. The monoisotopic (exact) mass is 408 g/mol. The van der Waals surface area contributed by atoms with Crippen LogP contribution in [0, 0.1) is 6.92 Å². The minimum atomic E-state index is -0.0282. The maximum absolute atomic E-state index is 12.5. The number of methoxy groups -OCH3 is 1. The average Bonchev–Trinajstić information content (AvgIpc) is 2.84. The molecule has 0 saturated heterocycles. The molecule has 0 aliphatic rings. The molecule has 0 N–H and O–H groups in total. The van der Waals surface area contributed by atoms with E-state index in [9.17, 15) is 4.79 Å². The molecule has 0 aliphatic carbocycles. The van der Waals surface area contributed by atoms with Gasteiger partial charge in [0.2, 0.25) is 0 Å². The van der Waals surface area contributed by atoms with Gasteiger partial charge in [-0.25, -0.2) is 0 Å². The molecule has 0 aromatic heterocycles. The van der Waals surface area contributed by atoms with Crippen molar-refractivity contribution < 1.29 is 14.3 Å². The van der Waals surface area contributed by atoms with E-state index in [1.54, 1.807) is 55.6 Å². The number of ether oxygens (including phenoxy) is 2. The number of benzene rings is 3. The molecule has 0 heterocycles. The molecule has 0 saturated carbocycles. The normalized spacial score (nSPS) is 8.80. The van der Waals surface area contributed by atoms with Gasteiger partial charge in [0.05, 0.1) is 7.11 Å². The molecule has 3 nitrogen and oxygen atoms in total. The Bertz CT molecular complexity index is 817. The van der Waals surface area contributed by atoms with Crippen molar-refractivity contribution in [2.24, 2.45) is 0 Å². The molecule has 0 spiro atoms. The van der Waals surface area contributed by atoms with Crippen LogP contribution in [-0.4, -0.2) is 12.9 Å². The van der Waals surface area contributed by atoms with Crippen LogP contribution >= 0.6 is 0 Å². The number of carbonyl (C=O) groups is 1. The molecule has 0 atom stereocenters. The predicted molar refractivity (Wildman–Crippen MR) is 128 cm³/mol. The smallest absolute Gasteiger partial charge is 0.193 e. The Balaban J connectivity index is 0.00000129. The number of ketones is 1. The topological polar surface area (TPSA) is 35.5 Å². The summed E-state index contributed by atoms with van der Waals surface area (Å²) in [4.78, 5) is 12.5. The minimum Gasteiger partial charge on any atom is -0.497 e. The van der Waals surface area contributed by atoms with Gasteiger partial charge in [-0.3, -0.25) is 4.79 Å². The van der Waals surface area contributed by atoms with Gasteiger partial charge in [0.25, 0.3) is 0 Å². The van der Waals surface area contributed by atoms with Crippen molar-refractivity contribution in [2.45, 2.75) is 48.5 Å². The van der Waals surface area contributed by atoms with Crippen molar-refractivity contribution in [1.82, 2.24) is 0 Å². The highest BCUT2D eigenvalue weighted by molar-refractivity contribution is 6.09. The Morgan fingerprint density at radius 1 is 0.567 bits per heavy atom. The number of hydrogen-bond donors (Lipinski definition) is 0. The van der Waals surface area contributed by atoms with Gasteiger partial charge in [-0.2, -0.15) is 0 Å². The zero-order chi connectivity index (χ0) is 22.9. The average molecular weight is 409 g/mol. The van der Waals surface area contributed by atoms with Crippen LogP contribution in [0.2, 0.25) is 0 Å². The van der Waals surface area contributed by atoms with E-state index in [0.717, 1.165) is 11.5 Å². The lowest BCUT2D eigenvalue weighted by Crippen LogP contribution is -2.01. The Labute approximate surface area is 182 Å². The van der Waals surface area contributed by atoms with Gasteiger partial charge in [-0.1, -0.05) is 59.2 Å². The molecule has 0 bridgehead atoms. The van der Waals surface area contributed by atoms with Crippen LogP contribution in [0.5, 0.6) is 17.2 Å². The van der Waals surface area contributed by atoms with Crippen molar-refractivity contribution in [3.8, 4) is 17.2 Å². The molecule has 0 amide bonds. The molecular formula is C27H36O3. The number of rotatable bonds is 5. The van der Waals surface area contributed by atoms with E-state index >= 15 is 0 Å². The highest BCUT2D eigenvalue weighted by Crippen LogP contribution is 2.23. The second-order valence-electron chi connectivity index (χ2n) is 5.50. The van der Waals surface area contributed by atoms with E-state index < -0.39 is 0 Å². The zero-order valence-electron chi connectivity index (χ0n) is 19.7. The highest BCUT2D eigenvalue weighted by Gasteiger charge is 2.09. The van der Waals surface area contributed by atoms with E-state index in [4.69, 9.17) is 9.47 Å². The second kappa shape index (κ2) is 15.8. The lowest BCUT2D eigenvalue weighted by Gasteiger charge is -2.07.